The van der Waals surface area contributed by atoms with Gasteiger partial charge in [0.2, 0.25) is 5.95 Å². The largest absolute Gasteiger partial charge is 0.383 e. The molecule has 1 unspecified atom stereocenters. The van der Waals surface area contributed by atoms with Gasteiger partial charge in [0.1, 0.15) is 11.6 Å². The van der Waals surface area contributed by atoms with Gasteiger partial charge in [-0.3, -0.25) is 0 Å². The number of rotatable bonds is 8. The summed E-state index contributed by atoms with van der Waals surface area (Å²) in [4.78, 5) is 22.6. The summed E-state index contributed by atoms with van der Waals surface area (Å²) >= 11 is 0. The quantitative estimate of drug-likeness (QED) is 0.379. The number of benzene rings is 2. The summed E-state index contributed by atoms with van der Waals surface area (Å²) in [6.07, 6.45) is 1.42. The molecule has 174 valence electrons. The molecule has 0 aliphatic rings. The predicted octanol–water partition coefficient (Wildman–Crippen LogP) is 4.53. The molecule has 1 heterocycles. The summed E-state index contributed by atoms with van der Waals surface area (Å²) in [6, 6.07) is 7.38. The van der Waals surface area contributed by atoms with Crippen molar-refractivity contribution in [2.75, 3.05) is 23.9 Å². The Morgan fingerprint density at radius 1 is 1.06 bits per heavy atom. The monoisotopic (exact) mass is 463 g/mol. The van der Waals surface area contributed by atoms with E-state index in [4.69, 9.17) is 4.74 Å². The molecule has 0 radical (unpaired) electrons. The molecule has 1 atom stereocenters. The van der Waals surface area contributed by atoms with Crippen LogP contribution in [-0.2, 0) is 11.3 Å². The topological polar surface area (TPSA) is 79.4 Å². The van der Waals surface area contributed by atoms with Crippen molar-refractivity contribution in [1.82, 2.24) is 15.3 Å². The molecule has 0 aliphatic heterocycles. The van der Waals surface area contributed by atoms with E-state index in [2.05, 4.69) is 20.6 Å². The minimum Gasteiger partial charge on any atom is -0.383 e. The van der Waals surface area contributed by atoms with Crippen molar-refractivity contribution in [3.05, 3.63) is 77.5 Å². The van der Waals surface area contributed by atoms with Gasteiger partial charge in [-0.25, -0.2) is 32.2 Å². The smallest absolute Gasteiger partial charge is 0.327 e. The van der Waals surface area contributed by atoms with Crippen LogP contribution in [0.3, 0.4) is 0 Å². The number of carbonyl (C=O) groups excluding carboxylic acids is 1. The number of ether oxygens (including phenoxy) is 1. The van der Waals surface area contributed by atoms with E-state index in [1.54, 1.807) is 7.11 Å². The van der Waals surface area contributed by atoms with E-state index in [-0.39, 0.29) is 29.1 Å². The summed E-state index contributed by atoms with van der Waals surface area (Å²) in [6.45, 7) is 1.80. The molecule has 0 saturated carbocycles. The van der Waals surface area contributed by atoms with Crippen molar-refractivity contribution in [3.63, 3.8) is 0 Å². The molecule has 1 aromatic heterocycles. The lowest BCUT2D eigenvalue weighted by Gasteiger charge is -2.23. The minimum absolute atomic E-state index is 0.130. The molecular weight excluding hydrogens is 442 g/mol. The lowest BCUT2D eigenvalue weighted by molar-refractivity contribution is 0.190. The van der Waals surface area contributed by atoms with Crippen LogP contribution in [0.25, 0.3) is 0 Å². The van der Waals surface area contributed by atoms with Gasteiger partial charge in [-0.1, -0.05) is 6.07 Å². The van der Waals surface area contributed by atoms with Gasteiger partial charge in [0.25, 0.3) is 0 Å². The number of nitrogens with zero attached hydrogens (tertiary/aromatic N) is 3. The van der Waals surface area contributed by atoms with Gasteiger partial charge >= 0.3 is 6.03 Å². The second kappa shape index (κ2) is 10.7. The normalized spacial score (nSPS) is 11.7. The molecule has 0 fully saturated rings. The Kier molecular flexibility index (Phi) is 7.78. The number of halogens is 4. The lowest BCUT2D eigenvalue weighted by atomic mass is 10.2. The van der Waals surface area contributed by atoms with Crippen molar-refractivity contribution < 1.29 is 27.1 Å². The van der Waals surface area contributed by atoms with Crippen molar-refractivity contribution in [2.24, 2.45) is 0 Å². The van der Waals surface area contributed by atoms with E-state index >= 15 is 0 Å². The average molecular weight is 463 g/mol. The van der Waals surface area contributed by atoms with Crippen LogP contribution >= 0.6 is 0 Å². The molecule has 7 nitrogen and oxygen atoms in total. The number of anilines is 3. The fraction of sp³-hybridized carbons (Fsp3) is 0.227. The Morgan fingerprint density at radius 2 is 1.79 bits per heavy atom. The van der Waals surface area contributed by atoms with E-state index in [0.717, 1.165) is 29.2 Å². The van der Waals surface area contributed by atoms with Crippen LogP contribution in [0.4, 0.5) is 39.8 Å². The first-order chi connectivity index (χ1) is 15.8. The third-order valence-electron chi connectivity index (χ3n) is 4.50. The van der Waals surface area contributed by atoms with Crippen LogP contribution in [0.15, 0.2) is 48.7 Å². The fourth-order valence-electron chi connectivity index (χ4n) is 2.95. The number of hydrogen-bond donors (Lipinski definition) is 2. The van der Waals surface area contributed by atoms with Gasteiger partial charge in [0.05, 0.1) is 12.3 Å². The molecule has 0 spiro atoms. The molecule has 2 N–H and O–H groups in total. The Bertz CT molecular complexity index is 1110. The zero-order valence-electron chi connectivity index (χ0n) is 17.8. The third kappa shape index (κ3) is 5.95. The average Bonchev–Trinajstić information content (AvgIpc) is 2.79. The summed E-state index contributed by atoms with van der Waals surface area (Å²) in [5.41, 5.74) is 0.00832. The van der Waals surface area contributed by atoms with Crippen LogP contribution in [0, 0.1) is 23.3 Å². The maximum Gasteiger partial charge on any atom is 0.327 e. The molecule has 3 rings (SSSR count). The van der Waals surface area contributed by atoms with Crippen molar-refractivity contribution >= 4 is 23.5 Å². The van der Waals surface area contributed by atoms with Gasteiger partial charge in [-0.2, -0.15) is 4.98 Å². The molecule has 2 amide bonds. The molecule has 3 aromatic rings. The highest BCUT2D eigenvalue weighted by Gasteiger charge is 2.22. The van der Waals surface area contributed by atoms with Gasteiger partial charge in [-0.15, -0.1) is 0 Å². The van der Waals surface area contributed by atoms with Crippen LogP contribution < -0.4 is 15.5 Å². The highest BCUT2D eigenvalue weighted by molar-refractivity contribution is 5.98. The van der Waals surface area contributed by atoms with E-state index in [1.807, 2.05) is 6.92 Å². The second-order valence-electron chi connectivity index (χ2n) is 7.04. The molecule has 0 saturated heterocycles. The van der Waals surface area contributed by atoms with Crippen molar-refractivity contribution in [3.8, 4) is 0 Å². The Hall–Kier alpha value is -3.73. The summed E-state index contributed by atoms with van der Waals surface area (Å²) in [5.74, 6) is -4.53. The van der Waals surface area contributed by atoms with E-state index in [1.165, 1.54) is 24.4 Å². The number of carbonyl (C=O) groups is 1. The van der Waals surface area contributed by atoms with E-state index < -0.39 is 35.8 Å². The van der Waals surface area contributed by atoms with Crippen LogP contribution in [0.2, 0.25) is 0 Å². The van der Waals surface area contributed by atoms with Crippen molar-refractivity contribution in [2.45, 2.75) is 19.5 Å². The summed E-state index contributed by atoms with van der Waals surface area (Å²) in [5, 5.41) is 5.46. The second-order valence-corrected chi connectivity index (χ2v) is 7.04. The number of hydrogen-bond acceptors (Lipinski definition) is 5. The standard InChI is InChI=1S/C22H21F4N5O2/c1-13(12-33-2)29-21-27-10-9-18(30-21)31(16-6-4-15(23)5-7-16)22(32)28-11-14-3-8-17(24)20(26)19(14)25/h3-10,13H,11-12H2,1-2H3,(H,28,32)(H,27,29,30). The fourth-order valence-corrected chi connectivity index (χ4v) is 2.95. The number of nitrogens with one attached hydrogen (secondary N) is 2. The first kappa shape index (κ1) is 23.9. The lowest BCUT2D eigenvalue weighted by Crippen LogP contribution is -2.37. The van der Waals surface area contributed by atoms with Crippen LogP contribution in [-0.4, -0.2) is 35.8 Å². The molecular formula is C22H21F4N5O2. The van der Waals surface area contributed by atoms with Crippen LogP contribution in [0.5, 0.6) is 0 Å². The number of amides is 2. The highest BCUT2D eigenvalue weighted by Crippen LogP contribution is 2.25. The maximum absolute atomic E-state index is 14.0. The SMILES string of the molecule is COCC(C)Nc1nccc(N(C(=O)NCc2ccc(F)c(F)c2F)c2ccc(F)cc2)n1. The molecule has 0 bridgehead atoms. The Morgan fingerprint density at radius 3 is 2.48 bits per heavy atom. The van der Waals surface area contributed by atoms with Crippen LogP contribution in [0.1, 0.15) is 12.5 Å². The van der Waals surface area contributed by atoms with Gasteiger partial charge in [-0.05, 0) is 37.3 Å². The third-order valence-corrected chi connectivity index (χ3v) is 4.50. The van der Waals surface area contributed by atoms with Gasteiger partial charge < -0.3 is 15.4 Å². The molecule has 33 heavy (non-hydrogen) atoms. The van der Waals surface area contributed by atoms with Crippen molar-refractivity contribution in [1.29, 1.82) is 0 Å². The Balaban J connectivity index is 1.88. The van der Waals surface area contributed by atoms with Gasteiger partial charge in [0.15, 0.2) is 17.5 Å². The first-order valence-electron chi connectivity index (χ1n) is 9.84. The highest BCUT2D eigenvalue weighted by atomic mass is 19.2. The summed E-state index contributed by atoms with van der Waals surface area (Å²) in [7, 11) is 1.55. The number of methoxy groups -OCH3 is 1. The van der Waals surface area contributed by atoms with E-state index in [0.29, 0.717) is 6.61 Å². The zero-order valence-corrected chi connectivity index (χ0v) is 17.8. The number of aromatic nitrogens is 2. The van der Waals surface area contributed by atoms with E-state index in [9.17, 15) is 22.4 Å². The zero-order chi connectivity index (χ0) is 24.0. The predicted molar refractivity (Wildman–Crippen MR) is 114 cm³/mol. The first-order valence-corrected chi connectivity index (χ1v) is 9.84. The maximum atomic E-state index is 14.0. The molecule has 2 aromatic carbocycles. The van der Waals surface area contributed by atoms with Gasteiger partial charge in [0, 0.05) is 37.5 Å². The molecule has 11 heteroatoms. The minimum atomic E-state index is -1.63. The Labute approximate surface area is 187 Å². The number of urea groups is 1. The summed E-state index contributed by atoms with van der Waals surface area (Å²) < 4.78 is 59.2. The molecule has 0 aliphatic carbocycles.